The predicted molar refractivity (Wildman–Crippen MR) is 335 cm³/mol. The molecule has 0 saturated heterocycles. The molecule has 494 valence electrons. The van der Waals surface area contributed by atoms with Gasteiger partial charge in [0.2, 0.25) is 28.7 Å². The summed E-state index contributed by atoms with van der Waals surface area (Å²) in [5.74, 6) is -6.59. The van der Waals surface area contributed by atoms with Crippen LogP contribution in [-0.4, -0.2) is 210 Å². The molecular weight excluding hydrogens is 1240 g/mol. The summed E-state index contributed by atoms with van der Waals surface area (Å²) >= 11 is 2.86. The van der Waals surface area contributed by atoms with E-state index in [1.165, 1.54) is 35.2 Å². The lowest BCUT2D eigenvalue weighted by atomic mass is 9.98. The molecule has 0 saturated carbocycles. The SMILES string of the molecule is CCOC(=O)C(Br)C(=O)OCC.CCOC(=O)C(C(=O)NC)N(C)Cc1ccccc1.CCOC(=O)C(C(=O)OCC)N(C)Cc1ccccc1.CCOC(=O)C(NC)C(=O)NC.CNC(=O)C(C(=O)O)N(C)C(=O)OCC1c2ccccc2-c2ccccc21. The fraction of sp³-hybridized carbons (Fsp3) is 0.444. The number of carboxylic acids is 1. The molecule has 4 aromatic rings. The smallest absolute Gasteiger partial charge is 0.410 e. The summed E-state index contributed by atoms with van der Waals surface area (Å²) < 4.78 is 34.0. The predicted octanol–water partition coefficient (Wildman–Crippen LogP) is 4.24. The first-order valence-corrected chi connectivity index (χ1v) is 29.6. The number of likely N-dealkylation sites (N-methyl/N-ethyl adjacent to an activating group) is 7. The summed E-state index contributed by atoms with van der Waals surface area (Å²) in [6.07, 6.45) is -0.868. The molecule has 0 radical (unpaired) electrons. The second-order valence-corrected chi connectivity index (χ2v) is 19.6. The molecule has 0 spiro atoms. The van der Waals surface area contributed by atoms with Crippen LogP contribution in [0.15, 0.2) is 109 Å². The fourth-order valence-electron chi connectivity index (χ4n) is 8.31. The van der Waals surface area contributed by atoms with E-state index in [2.05, 4.69) is 51.4 Å². The van der Waals surface area contributed by atoms with Crippen molar-refractivity contribution >= 4 is 81.5 Å². The van der Waals surface area contributed by atoms with Gasteiger partial charge in [-0.05, 0) is 96.1 Å². The molecule has 5 rings (SSSR count). The van der Waals surface area contributed by atoms with Crippen LogP contribution in [0, 0.1) is 0 Å². The zero-order valence-corrected chi connectivity index (χ0v) is 54.8. The van der Waals surface area contributed by atoms with Gasteiger partial charge in [-0.25, -0.2) is 28.8 Å². The van der Waals surface area contributed by atoms with Gasteiger partial charge in [0.25, 0.3) is 5.91 Å². The number of alkyl halides is 1. The molecule has 5 N–H and O–H groups in total. The van der Waals surface area contributed by atoms with E-state index in [9.17, 15) is 57.8 Å². The maximum absolute atomic E-state index is 12.4. The van der Waals surface area contributed by atoms with Crippen LogP contribution < -0.4 is 21.3 Å². The summed E-state index contributed by atoms with van der Waals surface area (Å²) in [6, 6.07) is 30.5. The number of ether oxygens (including phenoxy) is 7. The van der Waals surface area contributed by atoms with E-state index < -0.39 is 88.7 Å². The quantitative estimate of drug-likeness (QED) is 0.0254. The van der Waals surface area contributed by atoms with Gasteiger partial charge in [-0.2, -0.15) is 0 Å². The molecule has 3 unspecified atom stereocenters. The largest absolute Gasteiger partial charge is 0.479 e. The molecule has 0 aromatic heterocycles. The molecule has 0 heterocycles. The van der Waals surface area contributed by atoms with Gasteiger partial charge in [-0.3, -0.25) is 44.0 Å². The molecule has 90 heavy (non-hydrogen) atoms. The average Bonchev–Trinajstić information content (AvgIpc) is 1.66. The first-order valence-electron chi connectivity index (χ1n) is 28.7. The third-order valence-corrected chi connectivity index (χ3v) is 13.2. The monoisotopic (exact) mass is 1320 g/mol. The van der Waals surface area contributed by atoms with E-state index in [-0.39, 0.29) is 58.1 Å². The van der Waals surface area contributed by atoms with E-state index in [4.69, 9.17) is 18.9 Å². The Bertz CT molecular complexity index is 2840. The first kappa shape index (κ1) is 79.2. The molecule has 3 atom stereocenters. The van der Waals surface area contributed by atoms with Gasteiger partial charge < -0.3 is 54.2 Å². The lowest BCUT2D eigenvalue weighted by molar-refractivity contribution is -0.163. The molecule has 1 aliphatic carbocycles. The highest BCUT2D eigenvalue weighted by molar-refractivity contribution is 9.10. The summed E-state index contributed by atoms with van der Waals surface area (Å²) in [6.45, 7) is 12.7. The number of nitrogens with zero attached hydrogens (tertiary/aromatic N) is 3. The minimum absolute atomic E-state index is 0.0529. The first-order chi connectivity index (χ1) is 42.9. The number of benzene rings is 4. The molecule has 4 amide bonds. The van der Waals surface area contributed by atoms with Crippen molar-refractivity contribution in [3.8, 4) is 11.1 Å². The van der Waals surface area contributed by atoms with Gasteiger partial charge >= 0.3 is 47.9 Å². The van der Waals surface area contributed by atoms with Crippen molar-refractivity contribution in [2.75, 3.05) is 95.6 Å². The van der Waals surface area contributed by atoms with Crippen LogP contribution in [0.2, 0.25) is 0 Å². The minimum Gasteiger partial charge on any atom is -0.479 e. The molecule has 26 nitrogen and oxygen atoms in total. The number of amides is 4. The molecule has 27 heteroatoms. The molecule has 0 bridgehead atoms. The highest BCUT2D eigenvalue weighted by atomic mass is 79.9. The Labute approximate surface area is 534 Å². The van der Waals surface area contributed by atoms with Crippen LogP contribution >= 0.6 is 15.9 Å². The van der Waals surface area contributed by atoms with Crippen molar-refractivity contribution in [1.82, 2.24) is 36.0 Å². The summed E-state index contributed by atoms with van der Waals surface area (Å²) in [5.41, 5.74) is 6.33. The van der Waals surface area contributed by atoms with Crippen molar-refractivity contribution < 1.29 is 91.0 Å². The van der Waals surface area contributed by atoms with E-state index in [0.717, 1.165) is 38.3 Å². The van der Waals surface area contributed by atoms with Gasteiger partial charge in [-0.1, -0.05) is 125 Å². The molecular formula is C63H86BrN7O19. The maximum Gasteiger partial charge on any atom is 0.410 e. The van der Waals surface area contributed by atoms with Crippen LogP contribution in [-0.2, 0) is 94.2 Å². The Kier molecular flexibility index (Phi) is 38.5. The van der Waals surface area contributed by atoms with Crippen LogP contribution in [0.3, 0.4) is 0 Å². The number of fused-ring (bicyclic) bond motifs is 3. The number of hydrogen-bond donors (Lipinski definition) is 5. The lowest BCUT2D eigenvalue weighted by Gasteiger charge is -2.24. The van der Waals surface area contributed by atoms with Crippen LogP contribution in [0.5, 0.6) is 0 Å². The number of carbonyl (C=O) groups excluding carboxylic acids is 10. The lowest BCUT2D eigenvalue weighted by Crippen LogP contribution is -2.51. The van der Waals surface area contributed by atoms with Crippen LogP contribution in [0.4, 0.5) is 4.79 Å². The Balaban J connectivity index is 0.000000583. The van der Waals surface area contributed by atoms with Crippen LogP contribution in [0.1, 0.15) is 69.7 Å². The van der Waals surface area contributed by atoms with Gasteiger partial charge in [0.15, 0.2) is 12.1 Å². The van der Waals surface area contributed by atoms with E-state index >= 15 is 0 Å². The second kappa shape index (κ2) is 43.8. The Morgan fingerprint density at radius 1 is 0.444 bits per heavy atom. The molecule has 4 aromatic carbocycles. The number of rotatable bonds is 26. The maximum atomic E-state index is 12.4. The van der Waals surface area contributed by atoms with Crippen molar-refractivity contribution in [3.63, 3.8) is 0 Å². The normalized spacial score (nSPS) is 11.8. The topological polar surface area (TPSA) is 330 Å². The van der Waals surface area contributed by atoms with Crippen molar-refractivity contribution in [1.29, 1.82) is 0 Å². The highest BCUT2D eigenvalue weighted by Gasteiger charge is 2.37. The third-order valence-electron chi connectivity index (χ3n) is 12.5. The number of esters is 6. The average molecular weight is 1330 g/mol. The van der Waals surface area contributed by atoms with Crippen molar-refractivity contribution in [2.24, 2.45) is 0 Å². The zero-order chi connectivity index (χ0) is 67.9. The van der Waals surface area contributed by atoms with Gasteiger partial charge in [0.1, 0.15) is 6.61 Å². The summed E-state index contributed by atoms with van der Waals surface area (Å²) in [4.78, 5) is 130. The number of aliphatic carboxylic acids is 1. The second-order valence-electron chi connectivity index (χ2n) is 18.7. The number of carbonyl (C=O) groups is 11. The van der Waals surface area contributed by atoms with Gasteiger partial charge in [0.05, 0.1) is 39.6 Å². The van der Waals surface area contributed by atoms with Crippen molar-refractivity contribution in [3.05, 3.63) is 131 Å². The van der Waals surface area contributed by atoms with Gasteiger partial charge in [0, 0.05) is 47.2 Å². The molecule has 0 aliphatic heterocycles. The fourth-order valence-corrected chi connectivity index (χ4v) is 8.58. The Morgan fingerprint density at radius 2 is 0.778 bits per heavy atom. The molecule has 1 aliphatic rings. The highest BCUT2D eigenvalue weighted by Crippen LogP contribution is 2.44. The Hall–Kier alpha value is -8.79. The van der Waals surface area contributed by atoms with Gasteiger partial charge in [-0.15, -0.1) is 0 Å². The summed E-state index contributed by atoms with van der Waals surface area (Å²) in [5, 5.41) is 18.9. The van der Waals surface area contributed by atoms with E-state index in [0.29, 0.717) is 13.1 Å². The standard InChI is InChI=1S/C20H20N2O5.C15H21NO4.C14H20N2O3.C7H11BrO4.C7H14N2O3/c1-21-18(23)17(19(24)25)22(2)20(26)27-11-16-14-9-5-3-7-12(14)13-8-4-6-10-15(13)16;1-4-19-14(17)13(15(18)20-5-2)16(3)11-12-9-7-6-8-10-12;1-4-19-14(18)12(13(17)15-2)16(3)10-11-8-6-5-7-9-11;1-3-11-6(9)5(8)7(10)12-4-2;1-4-12-7(11)5(8-2)6(10)9-3/h3-10,16-17H,11H2,1-2H3,(H,21,23)(H,24,25);6-10,13H,4-5,11H2,1-3H3;5-9,12H,4,10H2,1-3H3,(H,15,17);5H,3-4H2,1-2H3;5,8H,4H2,1-3H3,(H,9,10). The zero-order valence-electron chi connectivity index (χ0n) is 53.2. The minimum atomic E-state index is -1.65. The number of hydrogen-bond acceptors (Lipinski definition) is 21. The van der Waals surface area contributed by atoms with Crippen LogP contribution in [0.25, 0.3) is 11.1 Å². The third kappa shape index (κ3) is 26.1. The Morgan fingerprint density at radius 3 is 1.14 bits per heavy atom. The summed E-state index contributed by atoms with van der Waals surface area (Å²) in [7, 11) is 10.5. The van der Waals surface area contributed by atoms with Crippen molar-refractivity contribution in [2.45, 2.75) is 89.5 Å². The number of nitrogens with one attached hydrogen (secondary N) is 4. The van der Waals surface area contributed by atoms with E-state index in [1.807, 2.05) is 109 Å². The molecule has 0 fully saturated rings. The van der Waals surface area contributed by atoms with E-state index in [1.54, 1.807) is 65.4 Å². The number of carboxylic acid groups (broad SMARTS) is 1. The number of halogens is 1.